The summed E-state index contributed by atoms with van der Waals surface area (Å²) >= 11 is 0. The number of hydrogen-bond acceptors (Lipinski definition) is 4. The standard InChI is InChI=1S/C26H39N3O3/c1-4-5-17-32-23(30)19-28-20-25(29(24(28)31)18-21-11-12-21)13-15-26(16-14-25,27(2)3)22-9-7-6-8-10-22/h6-10,21H,4-5,11-20H2,1-3H3. The number of carbonyl (C=O) groups excluding carboxylic acids is 2. The van der Waals surface area contributed by atoms with Crippen LogP contribution in [0.15, 0.2) is 30.3 Å². The van der Waals surface area contributed by atoms with Gasteiger partial charge in [0.25, 0.3) is 0 Å². The summed E-state index contributed by atoms with van der Waals surface area (Å²) in [7, 11) is 4.34. The van der Waals surface area contributed by atoms with Crippen molar-refractivity contribution < 1.29 is 14.3 Å². The Bertz CT molecular complexity index is 798. The van der Waals surface area contributed by atoms with Crippen LogP contribution in [-0.2, 0) is 15.1 Å². The predicted octanol–water partition coefficient (Wildman–Crippen LogP) is 4.25. The smallest absolute Gasteiger partial charge is 0.325 e. The van der Waals surface area contributed by atoms with Gasteiger partial charge in [0.15, 0.2) is 0 Å². The first-order valence-corrected chi connectivity index (χ1v) is 12.4. The Balaban J connectivity index is 1.50. The van der Waals surface area contributed by atoms with E-state index in [0.29, 0.717) is 19.1 Å². The second-order valence-electron chi connectivity index (χ2n) is 10.3. The molecule has 3 aliphatic rings. The normalized spacial score (nSPS) is 28.1. The number of amides is 2. The molecule has 1 aliphatic heterocycles. The van der Waals surface area contributed by atoms with Gasteiger partial charge >= 0.3 is 12.0 Å². The van der Waals surface area contributed by atoms with Crippen molar-refractivity contribution in [1.29, 1.82) is 0 Å². The van der Waals surface area contributed by atoms with E-state index in [2.05, 4.69) is 61.2 Å². The summed E-state index contributed by atoms with van der Waals surface area (Å²) in [6.45, 7) is 4.06. The number of hydrogen-bond donors (Lipinski definition) is 0. The Morgan fingerprint density at radius 3 is 2.41 bits per heavy atom. The van der Waals surface area contributed by atoms with Gasteiger partial charge in [-0.3, -0.25) is 9.69 Å². The van der Waals surface area contributed by atoms with Gasteiger partial charge in [-0.15, -0.1) is 0 Å². The molecule has 1 aromatic rings. The molecule has 0 unspecified atom stereocenters. The summed E-state index contributed by atoms with van der Waals surface area (Å²) in [5, 5.41) is 0. The first-order valence-electron chi connectivity index (χ1n) is 12.4. The molecule has 0 N–H and O–H groups in total. The highest BCUT2D eigenvalue weighted by molar-refractivity contribution is 5.83. The fraction of sp³-hybridized carbons (Fsp3) is 0.692. The van der Waals surface area contributed by atoms with Crippen LogP contribution in [0.1, 0.15) is 63.9 Å². The lowest BCUT2D eigenvalue weighted by Gasteiger charge is -2.51. The van der Waals surface area contributed by atoms with Crippen molar-refractivity contribution in [2.24, 2.45) is 5.92 Å². The van der Waals surface area contributed by atoms with Crippen LogP contribution in [-0.4, -0.2) is 72.6 Å². The molecule has 1 aromatic carbocycles. The topological polar surface area (TPSA) is 53.1 Å². The fourth-order valence-electron chi connectivity index (χ4n) is 5.67. The molecule has 4 rings (SSSR count). The van der Waals surface area contributed by atoms with Crippen LogP contribution < -0.4 is 0 Å². The van der Waals surface area contributed by atoms with Gasteiger partial charge in [0.1, 0.15) is 6.54 Å². The van der Waals surface area contributed by atoms with Crippen LogP contribution in [0.2, 0.25) is 0 Å². The Labute approximate surface area is 192 Å². The third-order valence-corrected chi connectivity index (χ3v) is 7.95. The Hall–Kier alpha value is -2.08. The minimum absolute atomic E-state index is 0.00664. The number of esters is 1. The summed E-state index contributed by atoms with van der Waals surface area (Å²) in [5.74, 6) is 0.347. The number of benzene rings is 1. The highest BCUT2D eigenvalue weighted by Gasteiger charge is 2.55. The van der Waals surface area contributed by atoms with Gasteiger partial charge in [-0.2, -0.15) is 0 Å². The van der Waals surface area contributed by atoms with Crippen molar-refractivity contribution in [3.63, 3.8) is 0 Å². The van der Waals surface area contributed by atoms with E-state index in [9.17, 15) is 9.59 Å². The minimum atomic E-state index is -0.280. The van der Waals surface area contributed by atoms with Gasteiger partial charge in [-0.05, 0) is 70.5 Å². The molecule has 6 nitrogen and oxygen atoms in total. The van der Waals surface area contributed by atoms with E-state index >= 15 is 0 Å². The molecule has 2 saturated carbocycles. The van der Waals surface area contributed by atoms with E-state index in [1.807, 2.05) is 0 Å². The molecule has 6 heteroatoms. The van der Waals surface area contributed by atoms with Gasteiger partial charge in [0, 0.05) is 18.6 Å². The maximum atomic E-state index is 13.4. The molecule has 2 aliphatic carbocycles. The highest BCUT2D eigenvalue weighted by atomic mass is 16.5. The average molecular weight is 442 g/mol. The lowest BCUT2D eigenvalue weighted by molar-refractivity contribution is -0.144. The first-order chi connectivity index (χ1) is 15.4. The Kier molecular flexibility index (Phi) is 6.80. The summed E-state index contributed by atoms with van der Waals surface area (Å²) in [6.07, 6.45) is 8.21. The lowest BCUT2D eigenvalue weighted by atomic mass is 9.68. The molecular weight excluding hydrogens is 402 g/mol. The van der Waals surface area contributed by atoms with Crippen LogP contribution in [0.4, 0.5) is 4.79 Å². The summed E-state index contributed by atoms with van der Waals surface area (Å²) in [4.78, 5) is 32.0. The van der Waals surface area contributed by atoms with E-state index in [-0.39, 0.29) is 29.6 Å². The third kappa shape index (κ3) is 4.52. The first kappa shape index (κ1) is 23.1. The lowest BCUT2D eigenvalue weighted by Crippen LogP contribution is -2.55. The molecule has 1 heterocycles. The van der Waals surface area contributed by atoms with E-state index in [0.717, 1.165) is 45.1 Å². The van der Waals surface area contributed by atoms with E-state index in [4.69, 9.17) is 4.74 Å². The fourth-order valence-corrected chi connectivity index (χ4v) is 5.67. The molecule has 176 valence electrons. The molecule has 2 amide bonds. The SMILES string of the molecule is CCCCOC(=O)CN1CC2(CCC(c3ccccc3)(N(C)C)CC2)N(CC2CC2)C1=O. The summed E-state index contributed by atoms with van der Waals surface area (Å²) in [5.41, 5.74) is 1.18. The number of ether oxygens (including phenoxy) is 1. The van der Waals surface area contributed by atoms with Crippen molar-refractivity contribution in [2.45, 2.75) is 69.4 Å². The second-order valence-corrected chi connectivity index (χ2v) is 10.3. The Morgan fingerprint density at radius 1 is 1.12 bits per heavy atom. The second kappa shape index (κ2) is 9.42. The van der Waals surface area contributed by atoms with Crippen LogP contribution in [0.5, 0.6) is 0 Å². The molecule has 3 fully saturated rings. The zero-order valence-electron chi connectivity index (χ0n) is 20.0. The largest absolute Gasteiger partial charge is 0.464 e. The van der Waals surface area contributed by atoms with Crippen molar-refractivity contribution in [3.8, 4) is 0 Å². The average Bonchev–Trinajstić information content (AvgIpc) is 3.58. The summed E-state index contributed by atoms with van der Waals surface area (Å²) < 4.78 is 5.36. The van der Waals surface area contributed by atoms with Gasteiger partial charge in [0.2, 0.25) is 0 Å². The summed E-state index contributed by atoms with van der Waals surface area (Å²) in [6, 6.07) is 10.8. The van der Waals surface area contributed by atoms with Crippen LogP contribution in [0.3, 0.4) is 0 Å². The molecule has 0 bridgehead atoms. The molecule has 0 atom stereocenters. The molecule has 1 saturated heterocycles. The highest BCUT2D eigenvalue weighted by Crippen LogP contribution is 2.49. The van der Waals surface area contributed by atoms with Gasteiger partial charge < -0.3 is 14.5 Å². The number of urea groups is 1. The molecule has 0 radical (unpaired) electrons. The zero-order chi connectivity index (χ0) is 22.8. The van der Waals surface area contributed by atoms with Gasteiger partial charge in [-0.1, -0.05) is 43.7 Å². The number of rotatable bonds is 9. The van der Waals surface area contributed by atoms with Crippen molar-refractivity contribution in [2.75, 3.05) is 40.3 Å². The maximum absolute atomic E-state index is 13.4. The zero-order valence-corrected chi connectivity index (χ0v) is 20.0. The number of carbonyl (C=O) groups is 2. The number of nitrogens with zero attached hydrogens (tertiary/aromatic N) is 3. The predicted molar refractivity (Wildman–Crippen MR) is 125 cm³/mol. The van der Waals surface area contributed by atoms with E-state index in [1.165, 1.54) is 18.4 Å². The van der Waals surface area contributed by atoms with Crippen molar-refractivity contribution >= 4 is 12.0 Å². The quantitative estimate of drug-likeness (QED) is 0.425. The molecule has 1 spiro atoms. The number of unbranched alkanes of at least 4 members (excludes halogenated alkanes) is 1. The van der Waals surface area contributed by atoms with Crippen LogP contribution in [0, 0.1) is 5.92 Å². The molecule has 32 heavy (non-hydrogen) atoms. The molecule has 0 aromatic heterocycles. The Morgan fingerprint density at radius 2 is 1.81 bits per heavy atom. The van der Waals surface area contributed by atoms with Gasteiger partial charge in [-0.25, -0.2) is 4.79 Å². The molecular formula is C26H39N3O3. The monoisotopic (exact) mass is 441 g/mol. The van der Waals surface area contributed by atoms with Gasteiger partial charge in [0.05, 0.1) is 12.1 Å². The van der Waals surface area contributed by atoms with Crippen molar-refractivity contribution in [3.05, 3.63) is 35.9 Å². The third-order valence-electron chi connectivity index (χ3n) is 7.95. The van der Waals surface area contributed by atoms with E-state index in [1.54, 1.807) is 4.90 Å². The van der Waals surface area contributed by atoms with Crippen LogP contribution >= 0.6 is 0 Å². The maximum Gasteiger partial charge on any atom is 0.325 e. The minimum Gasteiger partial charge on any atom is -0.464 e. The van der Waals surface area contributed by atoms with E-state index < -0.39 is 0 Å². The van der Waals surface area contributed by atoms with Crippen molar-refractivity contribution in [1.82, 2.24) is 14.7 Å². The van der Waals surface area contributed by atoms with Crippen LogP contribution in [0.25, 0.3) is 0 Å².